The summed E-state index contributed by atoms with van der Waals surface area (Å²) in [4.78, 5) is 16.1. The lowest BCUT2D eigenvalue weighted by molar-refractivity contribution is 0.0979. The molecule has 18 heavy (non-hydrogen) atoms. The molecule has 0 amide bonds. The molecule has 0 aliphatic heterocycles. The summed E-state index contributed by atoms with van der Waals surface area (Å²) < 4.78 is 6.80. The monoisotopic (exact) mass is 245 g/mol. The highest BCUT2D eigenvalue weighted by Crippen LogP contribution is 2.16. The topological polar surface area (TPSA) is 57.0 Å². The molecule has 0 unspecified atom stereocenters. The molecular formula is C13H15N3O2. The van der Waals surface area contributed by atoms with Crippen molar-refractivity contribution < 1.29 is 9.53 Å². The van der Waals surface area contributed by atoms with E-state index in [4.69, 9.17) is 4.74 Å². The molecule has 0 spiro atoms. The maximum Gasteiger partial charge on any atom is 0.224 e. The van der Waals surface area contributed by atoms with Gasteiger partial charge in [-0.1, -0.05) is 0 Å². The standard InChI is InChI=1S/C13H15N3O2/c1-16-9-10(8-15-16)5-6-12(17)11-4-3-7-14-13(11)18-2/h3-4,7-9H,5-6H2,1-2H3. The largest absolute Gasteiger partial charge is 0.480 e. The Morgan fingerprint density at radius 1 is 1.50 bits per heavy atom. The lowest BCUT2D eigenvalue weighted by Crippen LogP contribution is -2.04. The molecule has 2 rings (SSSR count). The molecule has 5 nitrogen and oxygen atoms in total. The highest BCUT2D eigenvalue weighted by atomic mass is 16.5. The van der Waals surface area contributed by atoms with Crippen LogP contribution in [-0.2, 0) is 13.5 Å². The van der Waals surface area contributed by atoms with Crippen molar-refractivity contribution in [1.82, 2.24) is 14.8 Å². The van der Waals surface area contributed by atoms with E-state index < -0.39 is 0 Å². The Kier molecular flexibility index (Phi) is 3.72. The van der Waals surface area contributed by atoms with Crippen LogP contribution in [0.2, 0.25) is 0 Å². The van der Waals surface area contributed by atoms with Crippen molar-refractivity contribution in [3.63, 3.8) is 0 Å². The van der Waals surface area contributed by atoms with E-state index in [9.17, 15) is 4.79 Å². The third-order valence-electron chi connectivity index (χ3n) is 2.66. The second-order valence-corrected chi connectivity index (χ2v) is 4.01. The van der Waals surface area contributed by atoms with E-state index in [0.29, 0.717) is 24.3 Å². The van der Waals surface area contributed by atoms with E-state index in [1.807, 2.05) is 13.2 Å². The maximum absolute atomic E-state index is 12.1. The van der Waals surface area contributed by atoms with Crippen molar-refractivity contribution in [2.45, 2.75) is 12.8 Å². The fourth-order valence-electron chi connectivity index (χ4n) is 1.76. The predicted octanol–water partition coefficient (Wildman–Crippen LogP) is 1.64. The molecule has 5 heteroatoms. The number of aryl methyl sites for hydroxylation is 2. The minimum Gasteiger partial charge on any atom is -0.480 e. The first-order valence-electron chi connectivity index (χ1n) is 5.70. The molecular weight excluding hydrogens is 230 g/mol. The quantitative estimate of drug-likeness (QED) is 0.751. The van der Waals surface area contributed by atoms with E-state index >= 15 is 0 Å². The van der Waals surface area contributed by atoms with Crippen LogP contribution in [0.4, 0.5) is 0 Å². The minimum atomic E-state index is 0.0313. The van der Waals surface area contributed by atoms with Gasteiger partial charge in [0, 0.05) is 25.9 Å². The average Bonchev–Trinajstić information content (AvgIpc) is 2.81. The summed E-state index contributed by atoms with van der Waals surface area (Å²) in [5.74, 6) is 0.414. The lowest BCUT2D eigenvalue weighted by atomic mass is 10.1. The van der Waals surface area contributed by atoms with Crippen LogP contribution in [0.1, 0.15) is 22.3 Å². The van der Waals surface area contributed by atoms with Crippen molar-refractivity contribution in [2.24, 2.45) is 7.05 Å². The third kappa shape index (κ3) is 2.74. The van der Waals surface area contributed by atoms with Gasteiger partial charge in [-0.05, 0) is 24.1 Å². The number of hydrogen-bond acceptors (Lipinski definition) is 4. The summed E-state index contributed by atoms with van der Waals surface area (Å²) in [6.45, 7) is 0. The number of aromatic nitrogens is 3. The number of ketones is 1. The SMILES string of the molecule is COc1ncccc1C(=O)CCc1cnn(C)c1. The smallest absolute Gasteiger partial charge is 0.224 e. The third-order valence-corrected chi connectivity index (χ3v) is 2.66. The first-order chi connectivity index (χ1) is 8.70. The summed E-state index contributed by atoms with van der Waals surface area (Å²) in [7, 11) is 3.37. The Labute approximate surface area is 105 Å². The molecule has 0 aromatic carbocycles. The highest BCUT2D eigenvalue weighted by Gasteiger charge is 2.12. The molecule has 0 saturated heterocycles. The van der Waals surface area contributed by atoms with Crippen LogP contribution in [0.5, 0.6) is 5.88 Å². The Bertz CT molecular complexity index is 549. The van der Waals surface area contributed by atoms with Crippen molar-refractivity contribution in [1.29, 1.82) is 0 Å². The van der Waals surface area contributed by atoms with Gasteiger partial charge < -0.3 is 4.74 Å². The number of rotatable bonds is 5. The van der Waals surface area contributed by atoms with E-state index in [2.05, 4.69) is 10.1 Å². The number of carbonyl (C=O) groups is 1. The van der Waals surface area contributed by atoms with Gasteiger partial charge in [0.1, 0.15) is 0 Å². The lowest BCUT2D eigenvalue weighted by Gasteiger charge is -2.05. The Morgan fingerprint density at radius 2 is 2.33 bits per heavy atom. The van der Waals surface area contributed by atoms with E-state index in [1.54, 1.807) is 29.2 Å². The van der Waals surface area contributed by atoms with Gasteiger partial charge in [-0.3, -0.25) is 9.48 Å². The fraction of sp³-hybridized carbons (Fsp3) is 0.308. The molecule has 2 aromatic heterocycles. The molecule has 0 atom stereocenters. The fourth-order valence-corrected chi connectivity index (χ4v) is 1.76. The number of nitrogens with zero attached hydrogens (tertiary/aromatic N) is 3. The predicted molar refractivity (Wildman–Crippen MR) is 66.6 cm³/mol. The van der Waals surface area contributed by atoms with Crippen LogP contribution in [-0.4, -0.2) is 27.7 Å². The molecule has 2 heterocycles. The normalized spacial score (nSPS) is 10.3. The summed E-state index contributed by atoms with van der Waals surface area (Å²) in [5, 5.41) is 4.07. The molecule has 94 valence electrons. The van der Waals surface area contributed by atoms with Gasteiger partial charge >= 0.3 is 0 Å². The van der Waals surface area contributed by atoms with Crippen molar-refractivity contribution in [2.75, 3.05) is 7.11 Å². The van der Waals surface area contributed by atoms with Crippen molar-refractivity contribution in [3.05, 3.63) is 41.9 Å². The van der Waals surface area contributed by atoms with Gasteiger partial charge in [-0.15, -0.1) is 0 Å². The first kappa shape index (κ1) is 12.3. The van der Waals surface area contributed by atoms with Crippen LogP contribution >= 0.6 is 0 Å². The number of hydrogen-bond donors (Lipinski definition) is 0. The summed E-state index contributed by atoms with van der Waals surface area (Å²) in [6, 6.07) is 3.47. The number of carbonyl (C=O) groups excluding carboxylic acids is 1. The molecule has 2 aromatic rings. The zero-order valence-electron chi connectivity index (χ0n) is 10.5. The molecule has 0 radical (unpaired) electrons. The summed E-state index contributed by atoms with van der Waals surface area (Å²) in [6.07, 6.45) is 6.39. The summed E-state index contributed by atoms with van der Waals surface area (Å²) in [5.41, 5.74) is 1.58. The molecule has 0 fully saturated rings. The van der Waals surface area contributed by atoms with Crippen LogP contribution in [0, 0.1) is 0 Å². The van der Waals surface area contributed by atoms with Gasteiger partial charge in [-0.25, -0.2) is 4.98 Å². The van der Waals surface area contributed by atoms with Crippen molar-refractivity contribution in [3.8, 4) is 5.88 Å². The van der Waals surface area contributed by atoms with Gasteiger partial charge in [-0.2, -0.15) is 5.10 Å². The molecule has 0 saturated carbocycles. The highest BCUT2D eigenvalue weighted by molar-refractivity contribution is 5.98. The van der Waals surface area contributed by atoms with E-state index in [1.165, 1.54) is 7.11 Å². The Morgan fingerprint density at radius 3 is 3.00 bits per heavy atom. The van der Waals surface area contributed by atoms with Crippen molar-refractivity contribution >= 4 is 5.78 Å². The number of pyridine rings is 1. The molecule has 0 aliphatic carbocycles. The van der Waals surface area contributed by atoms with Crippen LogP contribution in [0.15, 0.2) is 30.7 Å². The van der Waals surface area contributed by atoms with Gasteiger partial charge in [0.15, 0.2) is 5.78 Å². The molecule has 0 bridgehead atoms. The summed E-state index contributed by atoms with van der Waals surface area (Å²) >= 11 is 0. The number of Topliss-reactive ketones (excluding diaryl/α,β-unsaturated/α-hetero) is 1. The maximum atomic E-state index is 12.1. The second-order valence-electron chi connectivity index (χ2n) is 4.01. The molecule has 0 aliphatic rings. The number of methoxy groups -OCH3 is 1. The Hall–Kier alpha value is -2.17. The van der Waals surface area contributed by atoms with E-state index in [-0.39, 0.29) is 5.78 Å². The van der Waals surface area contributed by atoms with Gasteiger partial charge in [0.05, 0.1) is 18.9 Å². The zero-order chi connectivity index (χ0) is 13.0. The zero-order valence-corrected chi connectivity index (χ0v) is 10.5. The van der Waals surface area contributed by atoms with Crippen LogP contribution in [0.25, 0.3) is 0 Å². The second kappa shape index (κ2) is 5.44. The van der Waals surface area contributed by atoms with Crippen LogP contribution < -0.4 is 4.74 Å². The van der Waals surface area contributed by atoms with Gasteiger partial charge in [0.2, 0.25) is 5.88 Å². The van der Waals surface area contributed by atoms with Gasteiger partial charge in [0.25, 0.3) is 0 Å². The van der Waals surface area contributed by atoms with Crippen LogP contribution in [0.3, 0.4) is 0 Å². The number of ether oxygens (including phenoxy) is 1. The molecule has 0 N–H and O–H groups in total. The van der Waals surface area contributed by atoms with E-state index in [0.717, 1.165) is 5.56 Å². The average molecular weight is 245 g/mol. The minimum absolute atomic E-state index is 0.0313. The first-order valence-corrected chi connectivity index (χ1v) is 5.70. The Balaban J connectivity index is 2.03.